The first kappa shape index (κ1) is 23.7. The molecule has 0 spiro atoms. The summed E-state index contributed by atoms with van der Waals surface area (Å²) in [6, 6.07) is 15.0. The summed E-state index contributed by atoms with van der Waals surface area (Å²) < 4.78 is 39.1. The Kier molecular flexibility index (Phi) is 7.12. The van der Waals surface area contributed by atoms with Gasteiger partial charge in [-0.05, 0) is 71.8 Å². The summed E-state index contributed by atoms with van der Waals surface area (Å²) in [6.45, 7) is 0.491. The molecule has 0 radical (unpaired) electrons. The molecule has 0 fully saturated rings. The zero-order valence-corrected chi connectivity index (χ0v) is 19.1. The fraction of sp³-hybridized carbons (Fsp3) is 0.296. The van der Waals surface area contributed by atoms with Crippen molar-refractivity contribution in [2.24, 2.45) is 0 Å². The minimum absolute atomic E-state index is 0.250. The molecule has 0 aromatic heterocycles. The van der Waals surface area contributed by atoms with Crippen LogP contribution in [-0.2, 0) is 17.6 Å². The Labute approximate surface area is 197 Å². The summed E-state index contributed by atoms with van der Waals surface area (Å²) in [5.41, 5.74) is 2.86. The van der Waals surface area contributed by atoms with Gasteiger partial charge in [0.1, 0.15) is 17.7 Å². The molecule has 7 heteroatoms. The van der Waals surface area contributed by atoms with E-state index in [1.165, 1.54) is 6.07 Å². The fourth-order valence-electron chi connectivity index (χ4n) is 4.82. The third kappa shape index (κ3) is 4.75. The van der Waals surface area contributed by atoms with Crippen molar-refractivity contribution in [3.63, 3.8) is 0 Å². The smallest absolute Gasteiger partial charge is 0.325 e. The van der Waals surface area contributed by atoms with E-state index in [1.54, 1.807) is 26.4 Å². The van der Waals surface area contributed by atoms with Crippen LogP contribution in [0.1, 0.15) is 40.8 Å². The van der Waals surface area contributed by atoms with Gasteiger partial charge in [0.05, 0.1) is 14.2 Å². The zero-order chi connectivity index (χ0) is 24.2. The molecule has 3 aromatic carbocycles. The van der Waals surface area contributed by atoms with Crippen molar-refractivity contribution in [3.05, 3.63) is 94.6 Å². The Morgan fingerprint density at radius 2 is 1.76 bits per heavy atom. The second-order valence-corrected chi connectivity index (χ2v) is 8.34. The van der Waals surface area contributed by atoms with Crippen LogP contribution in [0.2, 0.25) is 0 Å². The number of rotatable bonds is 8. The molecule has 1 aliphatic heterocycles. The molecule has 2 unspecified atom stereocenters. The van der Waals surface area contributed by atoms with Gasteiger partial charge in [0.2, 0.25) is 0 Å². The molecule has 0 saturated carbocycles. The minimum Gasteiger partial charge on any atom is -0.493 e. The van der Waals surface area contributed by atoms with E-state index in [4.69, 9.17) is 9.47 Å². The van der Waals surface area contributed by atoms with Gasteiger partial charge in [0.15, 0.2) is 11.5 Å². The van der Waals surface area contributed by atoms with E-state index >= 15 is 0 Å². The van der Waals surface area contributed by atoms with Crippen molar-refractivity contribution in [1.82, 2.24) is 4.90 Å². The monoisotopic (exact) mass is 467 g/mol. The van der Waals surface area contributed by atoms with Gasteiger partial charge in [-0.1, -0.05) is 30.3 Å². The molecule has 0 saturated heterocycles. The maximum Gasteiger partial charge on any atom is 0.325 e. The number of nitrogens with zero attached hydrogens (tertiary/aromatic N) is 1. The van der Waals surface area contributed by atoms with Crippen molar-refractivity contribution in [1.29, 1.82) is 0 Å². The van der Waals surface area contributed by atoms with Crippen molar-refractivity contribution in [3.8, 4) is 11.5 Å². The average Bonchev–Trinajstić information content (AvgIpc) is 2.84. The maximum absolute atomic E-state index is 14.4. The van der Waals surface area contributed by atoms with Gasteiger partial charge in [0.25, 0.3) is 0 Å². The molecule has 1 aliphatic rings. The third-order valence-electron chi connectivity index (χ3n) is 6.42. The number of halogens is 2. The Morgan fingerprint density at radius 3 is 2.44 bits per heavy atom. The number of aryl methyl sites for hydroxylation is 1. The lowest BCUT2D eigenvalue weighted by molar-refractivity contribution is -0.145. The van der Waals surface area contributed by atoms with Gasteiger partial charge in [-0.25, -0.2) is 8.78 Å². The van der Waals surface area contributed by atoms with Crippen LogP contribution < -0.4 is 9.47 Å². The number of fused-ring (bicyclic) bond motifs is 1. The number of hydrogen-bond donors (Lipinski definition) is 1. The zero-order valence-electron chi connectivity index (χ0n) is 19.1. The van der Waals surface area contributed by atoms with Crippen molar-refractivity contribution >= 4 is 5.97 Å². The summed E-state index contributed by atoms with van der Waals surface area (Å²) in [5.74, 6) is -0.804. The van der Waals surface area contributed by atoms with Crippen LogP contribution in [0.25, 0.3) is 0 Å². The van der Waals surface area contributed by atoms with Gasteiger partial charge >= 0.3 is 5.97 Å². The molecule has 4 rings (SSSR count). The van der Waals surface area contributed by atoms with E-state index < -0.39 is 23.6 Å². The SMILES string of the molecule is COc1cc2c(cc1OC)C(CCc1cc(F)ccc1F)N(C(C(=O)O)c1ccccc1)CC2. The summed E-state index contributed by atoms with van der Waals surface area (Å²) in [5, 5.41) is 10.2. The Bertz CT molecular complexity index is 1170. The maximum atomic E-state index is 14.4. The summed E-state index contributed by atoms with van der Waals surface area (Å²) in [7, 11) is 3.12. The van der Waals surface area contributed by atoms with Gasteiger partial charge in [0, 0.05) is 12.6 Å². The highest BCUT2D eigenvalue weighted by molar-refractivity contribution is 5.75. The molecule has 5 nitrogen and oxygen atoms in total. The van der Waals surface area contributed by atoms with E-state index in [0.717, 1.165) is 23.3 Å². The Hall–Kier alpha value is -3.45. The highest BCUT2D eigenvalue weighted by atomic mass is 19.1. The van der Waals surface area contributed by atoms with E-state index in [-0.39, 0.29) is 18.0 Å². The Balaban J connectivity index is 1.77. The highest BCUT2D eigenvalue weighted by Crippen LogP contribution is 2.43. The summed E-state index contributed by atoms with van der Waals surface area (Å²) in [4.78, 5) is 14.4. The topological polar surface area (TPSA) is 59.0 Å². The molecule has 1 heterocycles. The number of methoxy groups -OCH3 is 2. The lowest BCUT2D eigenvalue weighted by Crippen LogP contribution is -2.42. The quantitative estimate of drug-likeness (QED) is 0.485. The third-order valence-corrected chi connectivity index (χ3v) is 6.42. The lowest BCUT2D eigenvalue weighted by Gasteiger charge is -2.41. The van der Waals surface area contributed by atoms with Crippen LogP contribution in [0.15, 0.2) is 60.7 Å². The molecule has 34 heavy (non-hydrogen) atoms. The molecule has 2 atom stereocenters. The molecular formula is C27H27F2NO4. The van der Waals surface area contributed by atoms with Crippen molar-refractivity contribution < 1.29 is 28.2 Å². The number of carboxylic acids is 1. The van der Waals surface area contributed by atoms with Gasteiger partial charge in [-0.3, -0.25) is 9.69 Å². The minimum atomic E-state index is -0.961. The first-order valence-electron chi connectivity index (χ1n) is 11.1. The van der Waals surface area contributed by atoms with E-state index in [0.29, 0.717) is 36.4 Å². The normalized spacial score (nSPS) is 16.5. The van der Waals surface area contributed by atoms with Gasteiger partial charge < -0.3 is 14.6 Å². The molecule has 0 amide bonds. The first-order valence-corrected chi connectivity index (χ1v) is 11.1. The highest BCUT2D eigenvalue weighted by Gasteiger charge is 2.37. The molecule has 0 bridgehead atoms. The van der Waals surface area contributed by atoms with Crippen LogP contribution in [0.3, 0.4) is 0 Å². The number of ether oxygens (including phenoxy) is 2. The van der Waals surface area contributed by atoms with Crippen molar-refractivity contribution in [2.75, 3.05) is 20.8 Å². The van der Waals surface area contributed by atoms with Crippen LogP contribution >= 0.6 is 0 Å². The lowest BCUT2D eigenvalue weighted by atomic mass is 9.86. The second kappa shape index (κ2) is 10.2. The van der Waals surface area contributed by atoms with E-state index in [9.17, 15) is 18.7 Å². The predicted octanol–water partition coefficient (Wildman–Crippen LogP) is 5.34. The van der Waals surface area contributed by atoms with Crippen LogP contribution in [0, 0.1) is 11.6 Å². The summed E-state index contributed by atoms with van der Waals surface area (Å²) >= 11 is 0. The molecular weight excluding hydrogens is 440 g/mol. The molecule has 0 aliphatic carbocycles. The van der Waals surface area contributed by atoms with Gasteiger partial charge in [-0.2, -0.15) is 0 Å². The number of benzene rings is 3. The van der Waals surface area contributed by atoms with Crippen LogP contribution in [-0.4, -0.2) is 36.7 Å². The number of carbonyl (C=O) groups is 1. The molecule has 3 aromatic rings. The Morgan fingerprint density at radius 1 is 1.06 bits per heavy atom. The number of hydrogen-bond acceptors (Lipinski definition) is 4. The number of aliphatic carboxylic acids is 1. The average molecular weight is 468 g/mol. The molecule has 1 N–H and O–H groups in total. The second-order valence-electron chi connectivity index (χ2n) is 8.34. The van der Waals surface area contributed by atoms with E-state index in [2.05, 4.69) is 0 Å². The fourth-order valence-corrected chi connectivity index (χ4v) is 4.82. The first-order chi connectivity index (χ1) is 16.4. The largest absolute Gasteiger partial charge is 0.493 e. The molecule has 178 valence electrons. The standard InChI is InChI=1S/C27H27F2NO4/c1-33-24-15-18-12-13-30(26(27(31)32)17-6-4-3-5-7-17)23(21(18)16-25(24)34-2)11-8-19-14-20(28)9-10-22(19)29/h3-7,9-10,14-16,23,26H,8,11-13H2,1-2H3,(H,31,32). The number of carboxylic acid groups (broad SMARTS) is 1. The summed E-state index contributed by atoms with van der Waals surface area (Å²) in [6.07, 6.45) is 1.27. The van der Waals surface area contributed by atoms with Crippen molar-refractivity contribution in [2.45, 2.75) is 31.3 Å². The van der Waals surface area contributed by atoms with Crippen LogP contribution in [0.5, 0.6) is 11.5 Å². The van der Waals surface area contributed by atoms with Crippen LogP contribution in [0.4, 0.5) is 8.78 Å². The van der Waals surface area contributed by atoms with Gasteiger partial charge in [-0.15, -0.1) is 0 Å². The predicted molar refractivity (Wildman–Crippen MR) is 124 cm³/mol. The van der Waals surface area contributed by atoms with E-state index in [1.807, 2.05) is 35.2 Å².